The average Bonchev–Trinajstić information content (AvgIpc) is 2.61. The first-order chi connectivity index (χ1) is 13.5. The number of aromatic hydroxyl groups is 1. The van der Waals surface area contributed by atoms with Crippen LogP contribution in [0.5, 0.6) is 5.75 Å². The van der Waals surface area contributed by atoms with Gasteiger partial charge in [-0.3, -0.25) is 0 Å². The number of phenolic OH excluding ortho intramolecular Hbond substituents is 1. The standard InChI is InChI=1S/C26H34O3/c1-7-8-9-20(25(28)29)15-19-11-10-17(2)12-21(19)16-22-13-18(3)14-23(24(22)27)26(4,5)6/h10-15,27H,7-9,16H2,1-6H3,(H,28,29). The Morgan fingerprint density at radius 1 is 1.03 bits per heavy atom. The quantitative estimate of drug-likeness (QED) is 0.523. The zero-order valence-corrected chi connectivity index (χ0v) is 18.6. The summed E-state index contributed by atoms with van der Waals surface area (Å²) in [5.74, 6) is -0.526. The minimum absolute atomic E-state index is 0.156. The van der Waals surface area contributed by atoms with Crippen LogP contribution >= 0.6 is 0 Å². The topological polar surface area (TPSA) is 57.5 Å². The maximum absolute atomic E-state index is 11.7. The van der Waals surface area contributed by atoms with E-state index in [1.807, 2.05) is 38.1 Å². The first-order valence-corrected chi connectivity index (χ1v) is 10.4. The lowest BCUT2D eigenvalue weighted by atomic mass is 9.83. The van der Waals surface area contributed by atoms with E-state index in [-0.39, 0.29) is 5.41 Å². The lowest BCUT2D eigenvalue weighted by molar-refractivity contribution is -0.132. The molecule has 0 saturated carbocycles. The molecular weight excluding hydrogens is 360 g/mol. The second kappa shape index (κ2) is 9.30. The molecule has 0 radical (unpaired) electrons. The van der Waals surface area contributed by atoms with E-state index in [0.29, 0.717) is 24.2 Å². The highest BCUT2D eigenvalue weighted by Gasteiger charge is 2.21. The van der Waals surface area contributed by atoms with E-state index >= 15 is 0 Å². The molecule has 0 aliphatic carbocycles. The van der Waals surface area contributed by atoms with Crippen molar-refractivity contribution < 1.29 is 15.0 Å². The van der Waals surface area contributed by atoms with Crippen molar-refractivity contribution in [3.63, 3.8) is 0 Å². The molecule has 2 aromatic rings. The molecule has 0 aromatic heterocycles. The third-order valence-corrected chi connectivity index (χ3v) is 5.22. The Morgan fingerprint density at radius 2 is 1.69 bits per heavy atom. The van der Waals surface area contributed by atoms with Crippen molar-refractivity contribution in [1.82, 2.24) is 0 Å². The number of phenols is 1. The van der Waals surface area contributed by atoms with Crippen molar-refractivity contribution in [3.05, 3.63) is 69.3 Å². The third kappa shape index (κ3) is 5.96. The van der Waals surface area contributed by atoms with Gasteiger partial charge in [0.05, 0.1) is 0 Å². The molecule has 0 atom stereocenters. The second-order valence-corrected chi connectivity index (χ2v) is 9.03. The van der Waals surface area contributed by atoms with Crippen LogP contribution in [-0.2, 0) is 16.6 Å². The summed E-state index contributed by atoms with van der Waals surface area (Å²) in [7, 11) is 0. The van der Waals surface area contributed by atoms with Gasteiger partial charge >= 0.3 is 5.97 Å². The summed E-state index contributed by atoms with van der Waals surface area (Å²) < 4.78 is 0. The van der Waals surface area contributed by atoms with Crippen molar-refractivity contribution in [2.24, 2.45) is 0 Å². The summed E-state index contributed by atoms with van der Waals surface area (Å²) in [6.07, 6.45) is 4.73. The van der Waals surface area contributed by atoms with Crippen molar-refractivity contribution >= 4 is 12.0 Å². The molecule has 29 heavy (non-hydrogen) atoms. The van der Waals surface area contributed by atoms with Gasteiger partial charge in [0.1, 0.15) is 5.75 Å². The van der Waals surface area contributed by atoms with Crippen molar-refractivity contribution in [2.75, 3.05) is 0 Å². The van der Waals surface area contributed by atoms with Gasteiger partial charge in [-0.2, -0.15) is 0 Å². The normalized spacial score (nSPS) is 12.3. The molecule has 2 N–H and O–H groups in total. The zero-order valence-electron chi connectivity index (χ0n) is 18.6. The Bertz CT molecular complexity index is 914. The van der Waals surface area contributed by atoms with Crippen LogP contribution in [0.4, 0.5) is 0 Å². The number of carbonyl (C=O) groups is 1. The van der Waals surface area contributed by atoms with Crippen LogP contribution in [0.3, 0.4) is 0 Å². The summed E-state index contributed by atoms with van der Waals surface area (Å²) in [4.78, 5) is 11.7. The van der Waals surface area contributed by atoms with Gasteiger partial charge < -0.3 is 10.2 Å². The monoisotopic (exact) mass is 394 g/mol. The highest BCUT2D eigenvalue weighted by molar-refractivity contribution is 5.92. The van der Waals surface area contributed by atoms with E-state index in [4.69, 9.17) is 0 Å². The number of carboxylic acids is 1. The van der Waals surface area contributed by atoms with Crippen molar-refractivity contribution in [2.45, 2.75) is 72.6 Å². The van der Waals surface area contributed by atoms with E-state index in [9.17, 15) is 15.0 Å². The molecule has 0 unspecified atom stereocenters. The number of hydrogen-bond acceptors (Lipinski definition) is 2. The van der Waals surface area contributed by atoms with Gasteiger partial charge in [-0.15, -0.1) is 0 Å². The van der Waals surface area contributed by atoms with Gasteiger partial charge in [0, 0.05) is 12.0 Å². The molecule has 3 nitrogen and oxygen atoms in total. The second-order valence-electron chi connectivity index (χ2n) is 9.03. The molecule has 0 aliphatic rings. The maximum atomic E-state index is 11.7. The SMILES string of the molecule is CCCCC(=Cc1ccc(C)cc1Cc1cc(C)cc(C(C)(C)C)c1O)C(=O)O. The van der Waals surface area contributed by atoms with Crippen LogP contribution in [0.1, 0.15) is 80.3 Å². The van der Waals surface area contributed by atoms with Gasteiger partial charge in [-0.1, -0.05) is 75.6 Å². The number of rotatable bonds is 7. The van der Waals surface area contributed by atoms with Gasteiger partial charge in [0.15, 0.2) is 0 Å². The number of benzene rings is 2. The van der Waals surface area contributed by atoms with E-state index in [0.717, 1.165) is 46.2 Å². The Hall–Kier alpha value is -2.55. The number of aryl methyl sites for hydroxylation is 2. The molecule has 3 heteroatoms. The van der Waals surface area contributed by atoms with E-state index in [1.54, 1.807) is 6.08 Å². The van der Waals surface area contributed by atoms with Gasteiger partial charge in [0.2, 0.25) is 0 Å². The fourth-order valence-electron chi connectivity index (χ4n) is 3.59. The van der Waals surface area contributed by atoms with Crippen molar-refractivity contribution in [3.8, 4) is 5.75 Å². The number of carboxylic acid groups (broad SMARTS) is 1. The van der Waals surface area contributed by atoms with Crippen LogP contribution in [0.15, 0.2) is 35.9 Å². The molecule has 2 rings (SSSR count). The maximum Gasteiger partial charge on any atom is 0.331 e. The molecule has 156 valence electrons. The highest BCUT2D eigenvalue weighted by Crippen LogP contribution is 2.36. The Morgan fingerprint density at radius 3 is 2.28 bits per heavy atom. The number of unbranched alkanes of at least 4 members (excludes halogenated alkanes) is 1. The minimum atomic E-state index is -0.863. The predicted octanol–water partition coefficient (Wildman–Crippen LogP) is 6.56. The first-order valence-electron chi connectivity index (χ1n) is 10.4. The van der Waals surface area contributed by atoms with Gasteiger partial charge in [0.25, 0.3) is 0 Å². The van der Waals surface area contributed by atoms with Crippen LogP contribution in [0.2, 0.25) is 0 Å². The Balaban J connectivity index is 2.53. The summed E-state index contributed by atoms with van der Waals surface area (Å²) in [5, 5.41) is 20.5. The third-order valence-electron chi connectivity index (χ3n) is 5.22. The molecule has 0 fully saturated rings. The zero-order chi connectivity index (χ0) is 21.8. The minimum Gasteiger partial charge on any atom is -0.507 e. The van der Waals surface area contributed by atoms with Crippen LogP contribution < -0.4 is 0 Å². The van der Waals surface area contributed by atoms with E-state index in [2.05, 4.69) is 33.8 Å². The number of hydrogen-bond donors (Lipinski definition) is 2. The van der Waals surface area contributed by atoms with E-state index in [1.165, 1.54) is 0 Å². The first kappa shape index (κ1) is 22.7. The largest absolute Gasteiger partial charge is 0.507 e. The van der Waals surface area contributed by atoms with Gasteiger partial charge in [-0.05, 0) is 60.4 Å². The molecule has 0 saturated heterocycles. The average molecular weight is 395 g/mol. The Kier molecular flexibility index (Phi) is 7.29. The molecule has 0 bridgehead atoms. The van der Waals surface area contributed by atoms with E-state index < -0.39 is 5.97 Å². The highest BCUT2D eigenvalue weighted by atomic mass is 16.4. The van der Waals surface area contributed by atoms with Crippen molar-refractivity contribution in [1.29, 1.82) is 0 Å². The fourth-order valence-corrected chi connectivity index (χ4v) is 3.59. The lowest BCUT2D eigenvalue weighted by Gasteiger charge is -2.23. The summed E-state index contributed by atoms with van der Waals surface area (Å²) >= 11 is 0. The molecule has 0 aliphatic heterocycles. The van der Waals surface area contributed by atoms with Gasteiger partial charge in [-0.25, -0.2) is 4.79 Å². The van der Waals surface area contributed by atoms with Crippen LogP contribution in [0.25, 0.3) is 6.08 Å². The fraction of sp³-hybridized carbons (Fsp3) is 0.423. The summed E-state index contributed by atoms with van der Waals surface area (Å²) in [5.41, 5.74) is 6.25. The lowest BCUT2D eigenvalue weighted by Crippen LogP contribution is -2.12. The van der Waals surface area contributed by atoms with Crippen LogP contribution in [0, 0.1) is 13.8 Å². The molecule has 0 heterocycles. The smallest absolute Gasteiger partial charge is 0.331 e. The summed E-state index contributed by atoms with van der Waals surface area (Å²) in [6.45, 7) is 12.4. The molecule has 2 aromatic carbocycles. The number of aliphatic carboxylic acids is 1. The summed E-state index contributed by atoms with van der Waals surface area (Å²) in [6, 6.07) is 10.1. The molecular formula is C26H34O3. The van der Waals surface area contributed by atoms with Crippen LogP contribution in [-0.4, -0.2) is 16.2 Å². The molecule has 0 amide bonds. The predicted molar refractivity (Wildman–Crippen MR) is 121 cm³/mol. The Labute approximate surface area is 175 Å². The molecule has 0 spiro atoms.